The molecule has 154 valence electrons. The number of amides is 1. The van der Waals surface area contributed by atoms with Crippen molar-refractivity contribution in [3.05, 3.63) is 42.0 Å². The highest BCUT2D eigenvalue weighted by Gasteiger charge is 2.28. The number of nitrogens with one attached hydrogen (secondary N) is 1. The van der Waals surface area contributed by atoms with E-state index in [0.717, 1.165) is 11.6 Å². The maximum absolute atomic E-state index is 12.3. The second kappa shape index (κ2) is 9.70. The number of nitrogens with zero attached hydrogens (tertiary/aromatic N) is 2. The maximum Gasteiger partial charge on any atom is 0.390 e. The van der Waals surface area contributed by atoms with E-state index in [1.54, 1.807) is 12.1 Å². The zero-order valence-corrected chi connectivity index (χ0v) is 15.5. The summed E-state index contributed by atoms with van der Waals surface area (Å²) in [4.78, 5) is 26.8. The molecule has 2 N–H and O–H groups in total. The number of hydrogen-bond donors (Lipinski definition) is 2. The molecule has 1 aromatic rings. The highest BCUT2D eigenvalue weighted by Crippen LogP contribution is 2.21. The van der Waals surface area contributed by atoms with Gasteiger partial charge >= 0.3 is 12.1 Å². The molecule has 1 heterocycles. The zero-order chi connectivity index (χ0) is 20.7. The molecule has 1 amide bonds. The maximum atomic E-state index is 12.3. The fraction of sp³-hybridized carbons (Fsp3) is 0.474. The standard InChI is InChI=1S/C19H24F3N3O3/c1-2-17(26)23-16-13-14(3-4-15(16)18(27)28)5-7-24-9-11-25(12-10-24)8-6-19(20,21)22/h2-4,13H,1,5-12H2,(H,23,26)(H,27,28). The minimum atomic E-state index is -4.13. The van der Waals surface area contributed by atoms with Gasteiger partial charge in [0.25, 0.3) is 0 Å². The lowest BCUT2D eigenvalue weighted by Gasteiger charge is -2.34. The van der Waals surface area contributed by atoms with E-state index in [2.05, 4.69) is 16.8 Å². The number of anilines is 1. The number of carbonyl (C=O) groups is 2. The van der Waals surface area contributed by atoms with Crippen LogP contribution in [0.1, 0.15) is 22.3 Å². The van der Waals surface area contributed by atoms with Crippen molar-refractivity contribution < 1.29 is 27.9 Å². The molecular formula is C19H24F3N3O3. The van der Waals surface area contributed by atoms with Crippen molar-refractivity contribution in [3.63, 3.8) is 0 Å². The molecule has 28 heavy (non-hydrogen) atoms. The summed E-state index contributed by atoms with van der Waals surface area (Å²) < 4.78 is 36.9. The van der Waals surface area contributed by atoms with Gasteiger partial charge in [-0.1, -0.05) is 12.6 Å². The van der Waals surface area contributed by atoms with E-state index in [1.807, 2.05) is 4.90 Å². The quantitative estimate of drug-likeness (QED) is 0.658. The SMILES string of the molecule is C=CC(=O)Nc1cc(CCN2CCN(CCC(F)(F)F)CC2)ccc1C(=O)O. The summed E-state index contributed by atoms with van der Waals surface area (Å²) in [5.41, 5.74) is 1.08. The molecule has 2 rings (SSSR count). The van der Waals surface area contributed by atoms with Gasteiger partial charge in [-0.2, -0.15) is 13.2 Å². The summed E-state index contributed by atoms with van der Waals surface area (Å²) in [5.74, 6) is -1.63. The van der Waals surface area contributed by atoms with Crippen molar-refractivity contribution in [2.75, 3.05) is 44.6 Å². The van der Waals surface area contributed by atoms with Gasteiger partial charge in [0, 0.05) is 39.3 Å². The molecule has 0 aromatic heterocycles. The fourth-order valence-electron chi connectivity index (χ4n) is 3.03. The predicted molar refractivity (Wildman–Crippen MR) is 99.5 cm³/mol. The molecule has 1 aliphatic rings. The van der Waals surface area contributed by atoms with E-state index >= 15 is 0 Å². The van der Waals surface area contributed by atoms with Crippen LogP contribution in [0.4, 0.5) is 18.9 Å². The van der Waals surface area contributed by atoms with Gasteiger partial charge in [-0.15, -0.1) is 0 Å². The van der Waals surface area contributed by atoms with Crippen LogP contribution in [0.3, 0.4) is 0 Å². The van der Waals surface area contributed by atoms with E-state index in [-0.39, 0.29) is 17.8 Å². The van der Waals surface area contributed by atoms with Crippen molar-refractivity contribution in [2.24, 2.45) is 0 Å². The normalized spacial score (nSPS) is 16.0. The zero-order valence-electron chi connectivity index (χ0n) is 15.5. The number of halogens is 3. The summed E-state index contributed by atoms with van der Waals surface area (Å²) >= 11 is 0. The van der Waals surface area contributed by atoms with Gasteiger partial charge in [-0.3, -0.25) is 4.79 Å². The number of carboxylic acids is 1. The summed E-state index contributed by atoms with van der Waals surface area (Å²) in [6, 6.07) is 4.78. The van der Waals surface area contributed by atoms with Gasteiger partial charge in [0.15, 0.2) is 0 Å². The molecular weight excluding hydrogens is 375 g/mol. The third-order valence-corrected chi connectivity index (χ3v) is 4.65. The Labute approximate surface area is 161 Å². The molecule has 0 radical (unpaired) electrons. The van der Waals surface area contributed by atoms with Crippen LogP contribution in [0.5, 0.6) is 0 Å². The molecule has 1 aromatic carbocycles. The molecule has 0 unspecified atom stereocenters. The third-order valence-electron chi connectivity index (χ3n) is 4.65. The summed E-state index contributed by atoms with van der Waals surface area (Å²) in [6.07, 6.45) is -3.21. The average Bonchev–Trinajstić information content (AvgIpc) is 2.64. The lowest BCUT2D eigenvalue weighted by atomic mass is 10.1. The molecule has 1 saturated heterocycles. The first-order valence-electron chi connectivity index (χ1n) is 8.99. The Bertz CT molecular complexity index is 714. The van der Waals surface area contributed by atoms with Gasteiger partial charge in [-0.05, 0) is 30.2 Å². The Morgan fingerprint density at radius 1 is 1.14 bits per heavy atom. The first kappa shape index (κ1) is 21.9. The second-order valence-corrected chi connectivity index (χ2v) is 6.68. The Morgan fingerprint density at radius 2 is 1.75 bits per heavy atom. The monoisotopic (exact) mass is 399 g/mol. The number of rotatable bonds is 8. The predicted octanol–water partition coefficient (Wildman–Crippen LogP) is 2.62. The van der Waals surface area contributed by atoms with E-state index in [9.17, 15) is 27.9 Å². The number of aromatic carboxylic acids is 1. The smallest absolute Gasteiger partial charge is 0.390 e. The molecule has 1 aliphatic heterocycles. The highest BCUT2D eigenvalue weighted by atomic mass is 19.4. The third kappa shape index (κ3) is 6.97. The van der Waals surface area contributed by atoms with E-state index < -0.39 is 24.5 Å². The first-order chi connectivity index (χ1) is 13.2. The number of benzene rings is 1. The van der Waals surface area contributed by atoms with Gasteiger partial charge < -0.3 is 20.2 Å². The number of carbonyl (C=O) groups excluding carboxylic acids is 1. The molecule has 0 saturated carbocycles. The molecule has 6 nitrogen and oxygen atoms in total. The molecule has 1 fully saturated rings. The van der Waals surface area contributed by atoms with Crippen LogP contribution in [0, 0.1) is 0 Å². The fourth-order valence-corrected chi connectivity index (χ4v) is 3.03. The Kier molecular flexibility index (Phi) is 7.59. The Hall–Kier alpha value is -2.39. The van der Waals surface area contributed by atoms with Gasteiger partial charge in [0.05, 0.1) is 17.7 Å². The van der Waals surface area contributed by atoms with Crippen LogP contribution in [0.15, 0.2) is 30.9 Å². The van der Waals surface area contributed by atoms with Crippen molar-refractivity contribution in [1.29, 1.82) is 0 Å². The van der Waals surface area contributed by atoms with E-state index in [0.29, 0.717) is 39.1 Å². The van der Waals surface area contributed by atoms with Crippen molar-refractivity contribution >= 4 is 17.6 Å². The molecule has 0 atom stereocenters. The lowest BCUT2D eigenvalue weighted by Crippen LogP contribution is -2.47. The summed E-state index contributed by atoms with van der Waals surface area (Å²) in [5, 5.41) is 11.7. The van der Waals surface area contributed by atoms with Crippen LogP contribution in [0.2, 0.25) is 0 Å². The van der Waals surface area contributed by atoms with E-state index in [4.69, 9.17) is 0 Å². The number of carboxylic acid groups (broad SMARTS) is 1. The molecule has 9 heteroatoms. The number of hydrogen-bond acceptors (Lipinski definition) is 4. The van der Waals surface area contributed by atoms with Crippen LogP contribution < -0.4 is 5.32 Å². The number of piperazine rings is 1. The van der Waals surface area contributed by atoms with E-state index in [1.165, 1.54) is 6.07 Å². The van der Waals surface area contributed by atoms with Crippen LogP contribution >= 0.6 is 0 Å². The van der Waals surface area contributed by atoms with Gasteiger partial charge in [-0.25, -0.2) is 4.79 Å². The minimum absolute atomic E-state index is 0.00257. The van der Waals surface area contributed by atoms with Gasteiger partial charge in [0.2, 0.25) is 5.91 Å². The summed E-state index contributed by atoms with van der Waals surface area (Å²) in [6.45, 7) is 6.64. The van der Waals surface area contributed by atoms with Crippen molar-refractivity contribution in [3.8, 4) is 0 Å². The van der Waals surface area contributed by atoms with Crippen LogP contribution in [-0.2, 0) is 11.2 Å². The van der Waals surface area contributed by atoms with Gasteiger partial charge in [0.1, 0.15) is 0 Å². The topological polar surface area (TPSA) is 72.9 Å². The average molecular weight is 399 g/mol. The Morgan fingerprint density at radius 3 is 2.29 bits per heavy atom. The largest absolute Gasteiger partial charge is 0.478 e. The lowest BCUT2D eigenvalue weighted by molar-refractivity contribution is -0.138. The first-order valence-corrected chi connectivity index (χ1v) is 8.99. The minimum Gasteiger partial charge on any atom is -0.478 e. The second-order valence-electron chi connectivity index (χ2n) is 6.68. The highest BCUT2D eigenvalue weighted by molar-refractivity contribution is 6.04. The molecule has 0 bridgehead atoms. The molecule has 0 aliphatic carbocycles. The van der Waals surface area contributed by atoms with Crippen LogP contribution in [0.25, 0.3) is 0 Å². The number of alkyl halides is 3. The van der Waals surface area contributed by atoms with Crippen molar-refractivity contribution in [2.45, 2.75) is 19.0 Å². The van der Waals surface area contributed by atoms with Crippen molar-refractivity contribution in [1.82, 2.24) is 9.80 Å². The summed E-state index contributed by atoms with van der Waals surface area (Å²) in [7, 11) is 0. The molecule has 0 spiro atoms. The van der Waals surface area contributed by atoms with Crippen LogP contribution in [-0.4, -0.2) is 72.2 Å². The Balaban J connectivity index is 1.87.